The summed E-state index contributed by atoms with van der Waals surface area (Å²) in [5.74, 6) is -0.859. The van der Waals surface area contributed by atoms with Crippen molar-refractivity contribution in [1.29, 1.82) is 0 Å². The van der Waals surface area contributed by atoms with Gasteiger partial charge >= 0.3 is 5.97 Å². The molecule has 118 valence electrons. The predicted octanol–water partition coefficient (Wildman–Crippen LogP) is 2.88. The predicted molar refractivity (Wildman–Crippen MR) is 80.3 cm³/mol. The van der Waals surface area contributed by atoms with Gasteiger partial charge in [-0.15, -0.1) is 0 Å². The van der Waals surface area contributed by atoms with E-state index in [1.165, 1.54) is 0 Å². The first-order valence-corrected chi connectivity index (χ1v) is 6.52. The van der Waals surface area contributed by atoms with Crippen LogP contribution < -0.4 is 0 Å². The number of ether oxygens (including phenoxy) is 1. The Morgan fingerprint density at radius 2 is 1.74 bits per heavy atom. The number of hydrogen-bond donors (Lipinski definition) is 0. The molecule has 8 nitrogen and oxygen atoms in total. The van der Waals surface area contributed by atoms with Crippen molar-refractivity contribution >= 4 is 17.3 Å². The number of carbonyl (C=O) groups is 1. The van der Waals surface area contributed by atoms with E-state index >= 15 is 0 Å². The number of hydrogen-bond acceptors (Lipinski definition) is 6. The number of non-ortho nitro benzene ring substituents is 1. The number of nitrogens with zero attached hydrogens (tertiary/aromatic N) is 2. The first-order valence-electron chi connectivity index (χ1n) is 6.52. The molecular weight excluding hydrogens is 304 g/mol. The Morgan fingerprint density at radius 3 is 2.26 bits per heavy atom. The number of nitro groups is 2. The summed E-state index contributed by atoms with van der Waals surface area (Å²) in [6.07, 6.45) is 0.0829. The van der Waals surface area contributed by atoms with Gasteiger partial charge in [-0.05, 0) is 5.56 Å². The molecule has 0 aliphatic rings. The monoisotopic (exact) mass is 316 g/mol. The van der Waals surface area contributed by atoms with Crippen LogP contribution in [0.2, 0.25) is 0 Å². The molecule has 2 aromatic carbocycles. The van der Waals surface area contributed by atoms with Gasteiger partial charge in [0.15, 0.2) is 0 Å². The third-order valence-corrected chi connectivity index (χ3v) is 3.25. The SMILES string of the molecule is COC(=O)c1cc([N+](=O)[O-])cc([N+](=O)[O-])c1Cc1ccccc1. The van der Waals surface area contributed by atoms with Gasteiger partial charge in [-0.1, -0.05) is 30.3 Å². The fourth-order valence-corrected chi connectivity index (χ4v) is 2.19. The minimum atomic E-state index is -0.859. The Bertz CT molecular complexity index is 773. The van der Waals surface area contributed by atoms with Crippen molar-refractivity contribution < 1.29 is 19.4 Å². The number of esters is 1. The van der Waals surface area contributed by atoms with Crippen molar-refractivity contribution in [1.82, 2.24) is 0 Å². The average molecular weight is 316 g/mol. The molecule has 0 N–H and O–H groups in total. The van der Waals surface area contributed by atoms with E-state index in [1.807, 2.05) is 0 Å². The molecule has 0 aliphatic carbocycles. The topological polar surface area (TPSA) is 113 Å². The van der Waals surface area contributed by atoms with Gasteiger partial charge in [0.1, 0.15) is 0 Å². The summed E-state index contributed by atoms with van der Waals surface area (Å²) in [5.41, 5.74) is -0.386. The van der Waals surface area contributed by atoms with Gasteiger partial charge in [-0.2, -0.15) is 0 Å². The Balaban J connectivity index is 2.67. The van der Waals surface area contributed by atoms with Crippen LogP contribution in [0.25, 0.3) is 0 Å². The number of methoxy groups -OCH3 is 1. The smallest absolute Gasteiger partial charge is 0.338 e. The summed E-state index contributed by atoms with van der Waals surface area (Å²) in [6.45, 7) is 0. The summed E-state index contributed by atoms with van der Waals surface area (Å²) >= 11 is 0. The Morgan fingerprint density at radius 1 is 1.09 bits per heavy atom. The molecule has 0 bridgehead atoms. The van der Waals surface area contributed by atoms with E-state index in [4.69, 9.17) is 0 Å². The van der Waals surface area contributed by atoms with E-state index in [9.17, 15) is 25.0 Å². The number of carbonyl (C=O) groups excluding carboxylic acids is 1. The highest BCUT2D eigenvalue weighted by Crippen LogP contribution is 2.31. The quantitative estimate of drug-likeness (QED) is 0.476. The molecule has 8 heteroatoms. The number of rotatable bonds is 5. The molecule has 23 heavy (non-hydrogen) atoms. The molecular formula is C15H12N2O6. The normalized spacial score (nSPS) is 10.1. The van der Waals surface area contributed by atoms with Crippen LogP contribution >= 0.6 is 0 Å². The third kappa shape index (κ3) is 3.49. The molecule has 0 aromatic heterocycles. The maximum absolute atomic E-state index is 11.9. The van der Waals surface area contributed by atoms with Crippen LogP contribution in [0.4, 0.5) is 11.4 Å². The highest BCUT2D eigenvalue weighted by atomic mass is 16.6. The molecule has 0 spiro atoms. The Hall–Kier alpha value is -3.29. The van der Waals surface area contributed by atoms with Gasteiger partial charge in [0.05, 0.1) is 28.6 Å². The fraction of sp³-hybridized carbons (Fsp3) is 0.133. The van der Waals surface area contributed by atoms with E-state index in [2.05, 4.69) is 4.74 Å². The maximum Gasteiger partial charge on any atom is 0.338 e. The number of benzene rings is 2. The molecule has 2 rings (SSSR count). The molecule has 0 amide bonds. The van der Waals surface area contributed by atoms with Crippen molar-refractivity contribution in [3.63, 3.8) is 0 Å². The minimum Gasteiger partial charge on any atom is -0.465 e. The molecule has 0 unspecified atom stereocenters. The van der Waals surface area contributed by atoms with Gasteiger partial charge in [0, 0.05) is 18.1 Å². The lowest BCUT2D eigenvalue weighted by Gasteiger charge is -2.09. The molecule has 0 aliphatic heterocycles. The molecule has 0 saturated heterocycles. The Labute approximate surface area is 130 Å². The zero-order valence-electron chi connectivity index (χ0n) is 12.1. The van der Waals surface area contributed by atoms with E-state index in [0.717, 1.165) is 24.8 Å². The van der Waals surface area contributed by atoms with E-state index in [1.54, 1.807) is 30.3 Å². The van der Waals surface area contributed by atoms with Gasteiger partial charge in [0.25, 0.3) is 11.4 Å². The average Bonchev–Trinajstić information content (AvgIpc) is 2.54. The standard InChI is InChI=1S/C15H12N2O6/c1-23-15(18)13-8-11(16(19)20)9-14(17(21)22)12(13)7-10-5-3-2-4-6-10/h2-6,8-9H,7H2,1H3. The summed E-state index contributed by atoms with van der Waals surface area (Å²) in [6, 6.07) is 10.6. The maximum atomic E-state index is 11.9. The summed E-state index contributed by atoms with van der Waals surface area (Å²) in [7, 11) is 1.11. The van der Waals surface area contributed by atoms with Gasteiger partial charge in [-0.3, -0.25) is 20.2 Å². The second-order valence-corrected chi connectivity index (χ2v) is 4.66. The second-order valence-electron chi connectivity index (χ2n) is 4.66. The lowest BCUT2D eigenvalue weighted by molar-refractivity contribution is -0.394. The molecule has 0 heterocycles. The van der Waals surface area contributed by atoms with Crippen molar-refractivity contribution in [2.24, 2.45) is 0 Å². The minimum absolute atomic E-state index is 0.0821. The van der Waals surface area contributed by atoms with E-state index in [-0.39, 0.29) is 17.5 Å². The van der Waals surface area contributed by atoms with Crippen LogP contribution in [0.5, 0.6) is 0 Å². The zero-order chi connectivity index (χ0) is 17.0. The van der Waals surface area contributed by atoms with Crippen LogP contribution in [-0.4, -0.2) is 22.9 Å². The van der Waals surface area contributed by atoms with Crippen LogP contribution in [0.3, 0.4) is 0 Å². The second kappa shape index (κ2) is 6.65. The van der Waals surface area contributed by atoms with E-state index in [0.29, 0.717) is 0 Å². The fourth-order valence-electron chi connectivity index (χ4n) is 2.19. The van der Waals surface area contributed by atoms with Gasteiger partial charge in [0.2, 0.25) is 0 Å². The van der Waals surface area contributed by atoms with Crippen LogP contribution in [0.15, 0.2) is 42.5 Å². The Kier molecular flexibility index (Phi) is 4.65. The first-order chi connectivity index (χ1) is 10.9. The van der Waals surface area contributed by atoms with Gasteiger partial charge < -0.3 is 4.74 Å². The third-order valence-electron chi connectivity index (χ3n) is 3.25. The van der Waals surface area contributed by atoms with Crippen molar-refractivity contribution in [3.8, 4) is 0 Å². The largest absolute Gasteiger partial charge is 0.465 e. The highest BCUT2D eigenvalue weighted by molar-refractivity contribution is 5.93. The molecule has 0 fully saturated rings. The first kappa shape index (κ1) is 16.1. The molecule has 0 atom stereocenters. The molecule has 0 radical (unpaired) electrons. The summed E-state index contributed by atoms with van der Waals surface area (Å²) in [5, 5.41) is 22.2. The molecule has 0 saturated carbocycles. The van der Waals surface area contributed by atoms with Crippen LogP contribution in [-0.2, 0) is 11.2 Å². The lowest BCUT2D eigenvalue weighted by atomic mass is 9.97. The van der Waals surface area contributed by atoms with Crippen LogP contribution in [0, 0.1) is 20.2 Å². The van der Waals surface area contributed by atoms with E-state index < -0.39 is 27.2 Å². The van der Waals surface area contributed by atoms with Crippen molar-refractivity contribution in [3.05, 3.63) is 79.4 Å². The summed E-state index contributed by atoms with van der Waals surface area (Å²) < 4.78 is 4.60. The summed E-state index contributed by atoms with van der Waals surface area (Å²) in [4.78, 5) is 32.6. The van der Waals surface area contributed by atoms with Gasteiger partial charge in [-0.25, -0.2) is 4.79 Å². The lowest BCUT2D eigenvalue weighted by Crippen LogP contribution is -2.10. The van der Waals surface area contributed by atoms with Crippen LogP contribution in [0.1, 0.15) is 21.5 Å². The highest BCUT2D eigenvalue weighted by Gasteiger charge is 2.27. The van der Waals surface area contributed by atoms with Crippen molar-refractivity contribution in [2.45, 2.75) is 6.42 Å². The zero-order valence-corrected chi connectivity index (χ0v) is 12.1. The molecule has 2 aromatic rings. The number of nitro benzene ring substituents is 2. The van der Waals surface area contributed by atoms with Crippen molar-refractivity contribution in [2.75, 3.05) is 7.11 Å².